The molecule has 21 heavy (non-hydrogen) atoms. The van der Waals surface area contributed by atoms with Crippen molar-refractivity contribution in [2.45, 2.75) is 6.10 Å². The summed E-state index contributed by atoms with van der Waals surface area (Å²) >= 11 is 4.76. The van der Waals surface area contributed by atoms with Crippen molar-refractivity contribution in [1.29, 1.82) is 0 Å². The van der Waals surface area contributed by atoms with Gasteiger partial charge in [-0.05, 0) is 18.2 Å². The molecule has 2 rings (SSSR count). The maximum Gasteiger partial charge on any atom is 0.265 e. The third-order valence-corrected chi connectivity index (χ3v) is 4.74. The molecular formula is C14H17BrN2O3S. The molecule has 0 aliphatic rings. The van der Waals surface area contributed by atoms with Gasteiger partial charge in [0.1, 0.15) is 4.88 Å². The van der Waals surface area contributed by atoms with Crippen molar-refractivity contribution in [1.82, 2.24) is 4.90 Å². The van der Waals surface area contributed by atoms with Crippen molar-refractivity contribution in [2.75, 3.05) is 33.0 Å². The number of aliphatic hydroxyl groups excluding tert-OH is 1. The summed E-state index contributed by atoms with van der Waals surface area (Å²) in [5.41, 5.74) is 6.57. The number of hydrogen-bond acceptors (Lipinski definition) is 5. The number of halogens is 1. The van der Waals surface area contributed by atoms with E-state index in [0.717, 1.165) is 14.6 Å². The molecule has 0 saturated heterocycles. The first-order valence-corrected chi connectivity index (χ1v) is 7.95. The maximum absolute atomic E-state index is 12.5. The number of nitrogen functional groups attached to an aromatic ring is 1. The summed E-state index contributed by atoms with van der Waals surface area (Å²) in [4.78, 5) is 14.4. The molecule has 0 saturated carbocycles. The van der Waals surface area contributed by atoms with Crippen molar-refractivity contribution in [3.05, 3.63) is 27.5 Å². The summed E-state index contributed by atoms with van der Waals surface area (Å²) in [6.45, 7) is 0.385. The quantitative estimate of drug-likeness (QED) is 0.844. The van der Waals surface area contributed by atoms with Crippen LogP contribution >= 0.6 is 27.3 Å². The highest BCUT2D eigenvalue weighted by molar-refractivity contribution is 9.10. The molecule has 2 aromatic rings. The molecular weight excluding hydrogens is 356 g/mol. The van der Waals surface area contributed by atoms with Crippen LogP contribution in [0.2, 0.25) is 0 Å². The highest BCUT2D eigenvalue weighted by Crippen LogP contribution is 2.35. The molecule has 0 aliphatic heterocycles. The molecule has 0 bridgehead atoms. The van der Waals surface area contributed by atoms with Crippen molar-refractivity contribution in [3.8, 4) is 0 Å². The van der Waals surface area contributed by atoms with Gasteiger partial charge in [-0.25, -0.2) is 0 Å². The number of fused-ring (bicyclic) bond motifs is 1. The zero-order chi connectivity index (χ0) is 15.6. The number of rotatable bonds is 5. The summed E-state index contributed by atoms with van der Waals surface area (Å²) in [7, 11) is 3.15. The second-order valence-electron chi connectivity index (χ2n) is 4.78. The molecule has 3 N–H and O–H groups in total. The van der Waals surface area contributed by atoms with E-state index in [1.54, 1.807) is 7.05 Å². The number of hydrogen-bond donors (Lipinski definition) is 2. The van der Waals surface area contributed by atoms with E-state index >= 15 is 0 Å². The summed E-state index contributed by atoms with van der Waals surface area (Å²) < 4.78 is 6.74. The van der Waals surface area contributed by atoms with Crippen LogP contribution in [0, 0.1) is 0 Å². The number of benzene rings is 1. The average molecular weight is 373 g/mol. The number of aliphatic hydroxyl groups is 1. The number of nitrogens with zero attached hydrogens (tertiary/aromatic N) is 1. The number of likely N-dealkylation sites (N-methyl/N-ethyl adjacent to an activating group) is 1. The molecule has 1 heterocycles. The molecule has 1 atom stereocenters. The first-order valence-electron chi connectivity index (χ1n) is 6.34. The van der Waals surface area contributed by atoms with E-state index in [4.69, 9.17) is 10.5 Å². The van der Waals surface area contributed by atoms with E-state index < -0.39 is 6.10 Å². The molecule has 1 amide bonds. The van der Waals surface area contributed by atoms with E-state index in [9.17, 15) is 9.90 Å². The van der Waals surface area contributed by atoms with Crippen molar-refractivity contribution < 1.29 is 14.6 Å². The van der Waals surface area contributed by atoms with Gasteiger partial charge in [-0.1, -0.05) is 15.9 Å². The summed E-state index contributed by atoms with van der Waals surface area (Å²) in [6, 6.07) is 5.74. The number of amides is 1. The molecule has 0 radical (unpaired) electrons. The van der Waals surface area contributed by atoms with Crippen LogP contribution in [0.15, 0.2) is 22.7 Å². The Morgan fingerprint density at radius 2 is 2.29 bits per heavy atom. The molecule has 5 nitrogen and oxygen atoms in total. The fraction of sp³-hybridized carbons (Fsp3) is 0.357. The van der Waals surface area contributed by atoms with E-state index in [2.05, 4.69) is 15.9 Å². The number of ether oxygens (including phenoxy) is 1. The molecule has 114 valence electrons. The molecule has 0 aliphatic carbocycles. The Morgan fingerprint density at radius 3 is 2.95 bits per heavy atom. The average Bonchev–Trinajstić information content (AvgIpc) is 2.75. The number of carbonyl (C=O) groups is 1. The Balaban J connectivity index is 2.25. The minimum Gasteiger partial charge on any atom is -0.397 e. The van der Waals surface area contributed by atoms with Gasteiger partial charge in [0, 0.05) is 35.3 Å². The van der Waals surface area contributed by atoms with Gasteiger partial charge in [-0.3, -0.25) is 4.79 Å². The van der Waals surface area contributed by atoms with Gasteiger partial charge < -0.3 is 20.5 Å². The number of anilines is 1. The first kappa shape index (κ1) is 16.2. The van der Waals surface area contributed by atoms with E-state index in [-0.39, 0.29) is 19.1 Å². The highest BCUT2D eigenvalue weighted by Gasteiger charge is 2.21. The number of carbonyl (C=O) groups excluding carboxylic acids is 1. The minimum absolute atomic E-state index is 0.187. The van der Waals surface area contributed by atoms with Crippen LogP contribution in [0.5, 0.6) is 0 Å². The second-order valence-corrected chi connectivity index (χ2v) is 6.75. The normalized spacial score (nSPS) is 12.6. The zero-order valence-electron chi connectivity index (χ0n) is 11.8. The van der Waals surface area contributed by atoms with Gasteiger partial charge in [0.2, 0.25) is 0 Å². The fourth-order valence-corrected chi connectivity index (χ4v) is 3.52. The van der Waals surface area contributed by atoms with Crippen LogP contribution in [0.4, 0.5) is 5.69 Å². The van der Waals surface area contributed by atoms with E-state index in [0.29, 0.717) is 10.6 Å². The number of methoxy groups -OCH3 is 1. The number of nitrogens with two attached hydrogens (primary N) is 1. The highest BCUT2D eigenvalue weighted by atomic mass is 79.9. The van der Waals surface area contributed by atoms with Crippen LogP contribution in [-0.4, -0.2) is 49.3 Å². The Morgan fingerprint density at radius 1 is 1.57 bits per heavy atom. The summed E-state index contributed by atoms with van der Waals surface area (Å²) in [5.74, 6) is -0.194. The van der Waals surface area contributed by atoms with Crippen LogP contribution < -0.4 is 5.73 Å². The van der Waals surface area contributed by atoms with Gasteiger partial charge in [0.05, 0.1) is 18.4 Å². The Kier molecular flexibility index (Phi) is 5.21. The molecule has 0 fully saturated rings. The van der Waals surface area contributed by atoms with Gasteiger partial charge in [0.25, 0.3) is 5.91 Å². The molecule has 7 heteroatoms. The predicted molar refractivity (Wildman–Crippen MR) is 88.8 cm³/mol. The lowest BCUT2D eigenvalue weighted by atomic mass is 10.2. The molecule has 1 aromatic carbocycles. The van der Waals surface area contributed by atoms with Crippen LogP contribution in [0.25, 0.3) is 10.1 Å². The summed E-state index contributed by atoms with van der Waals surface area (Å²) in [6.07, 6.45) is -0.714. The number of thiophene rings is 1. The van der Waals surface area contributed by atoms with Crippen LogP contribution in [-0.2, 0) is 4.74 Å². The Hall–Kier alpha value is -1.15. The molecule has 1 unspecified atom stereocenters. The third kappa shape index (κ3) is 3.55. The summed E-state index contributed by atoms with van der Waals surface area (Å²) in [5, 5.41) is 10.6. The maximum atomic E-state index is 12.5. The first-order chi connectivity index (χ1) is 9.93. The lowest BCUT2D eigenvalue weighted by Gasteiger charge is -2.20. The monoisotopic (exact) mass is 372 g/mol. The van der Waals surface area contributed by atoms with Crippen molar-refractivity contribution in [3.63, 3.8) is 0 Å². The Labute approximate surface area is 135 Å². The van der Waals surface area contributed by atoms with E-state index in [1.807, 2.05) is 18.2 Å². The lowest BCUT2D eigenvalue weighted by molar-refractivity contribution is 0.0382. The SMILES string of the molecule is COCC(O)CN(C)C(=O)c1sc2ccc(Br)cc2c1N. The van der Waals surface area contributed by atoms with E-state index in [1.165, 1.54) is 23.3 Å². The van der Waals surface area contributed by atoms with Gasteiger partial charge in [0.15, 0.2) is 0 Å². The second kappa shape index (κ2) is 6.74. The topological polar surface area (TPSA) is 75.8 Å². The van der Waals surface area contributed by atoms with Crippen molar-refractivity contribution >= 4 is 48.9 Å². The minimum atomic E-state index is -0.714. The van der Waals surface area contributed by atoms with Gasteiger partial charge >= 0.3 is 0 Å². The third-order valence-electron chi connectivity index (χ3n) is 3.07. The fourth-order valence-electron chi connectivity index (χ4n) is 2.07. The lowest BCUT2D eigenvalue weighted by Crippen LogP contribution is -2.36. The largest absolute Gasteiger partial charge is 0.397 e. The van der Waals surface area contributed by atoms with Crippen LogP contribution in [0.3, 0.4) is 0 Å². The smallest absolute Gasteiger partial charge is 0.265 e. The Bertz CT molecular complexity index is 659. The predicted octanol–water partition coefficient (Wildman–Crippen LogP) is 2.33. The zero-order valence-corrected chi connectivity index (χ0v) is 14.2. The molecule has 1 aromatic heterocycles. The van der Waals surface area contributed by atoms with Crippen LogP contribution in [0.1, 0.15) is 9.67 Å². The van der Waals surface area contributed by atoms with Gasteiger partial charge in [-0.2, -0.15) is 0 Å². The standard InChI is InChI=1S/C14H17BrN2O3S/c1-17(6-9(18)7-20-2)14(19)13-12(16)10-5-8(15)3-4-11(10)21-13/h3-5,9,18H,6-7,16H2,1-2H3. The van der Waals surface area contributed by atoms with Crippen molar-refractivity contribution in [2.24, 2.45) is 0 Å². The van der Waals surface area contributed by atoms with Gasteiger partial charge in [-0.15, -0.1) is 11.3 Å². The molecule has 0 spiro atoms.